The first kappa shape index (κ1) is 89.9. The molecule has 0 bridgehead atoms. The highest BCUT2D eigenvalue weighted by molar-refractivity contribution is 9.10. The summed E-state index contributed by atoms with van der Waals surface area (Å²) in [5.41, 5.74) is 27.1. The van der Waals surface area contributed by atoms with Crippen LogP contribution >= 0.6 is 15.9 Å². The number of amides is 1. The first-order chi connectivity index (χ1) is 61.6. The highest BCUT2D eigenvalue weighted by atomic mass is 79.9. The van der Waals surface area contributed by atoms with Crippen LogP contribution in [-0.2, 0) is 19.1 Å². The Balaban J connectivity index is 0.000000139. The van der Waals surface area contributed by atoms with Gasteiger partial charge >= 0.3 is 11.9 Å². The number of nitrogens with one attached hydrogen (secondary N) is 8. The quantitative estimate of drug-likeness (QED) is 0.0158. The number of H-pyrrole nitrogens is 6. The Bertz CT molecular complexity index is 6790. The molecule has 17 rings (SSSR count). The summed E-state index contributed by atoms with van der Waals surface area (Å²) >= 11 is 3.37. The first-order valence-electron chi connectivity index (χ1n) is 41.3. The molecular weight excluding hydrogens is 1630 g/mol. The third-order valence-corrected chi connectivity index (χ3v) is 22.2. The van der Waals surface area contributed by atoms with E-state index < -0.39 is 5.91 Å². The minimum Gasteiger partial charge on any atom is -0.466 e. The standard InChI is InChI=1S/C20H18N2O2.C20H16N2O2.C19H21N3O.C19H19N3.C18H16N2O.C9H5BrN2/c2*1-3-24-20(23)12-17(14-7-5-4-6-8-14)15-9-10-16-18(11-15)22-13-19(16)21-2;1-21-10-9-15(13-5-3-2-4-6-13)14-7-8-16-17(19(20)23)12-22-18(16)11-14;1-20-11-10-16(14-6-4-3-5-7-14)15-8-9-17-18(12-15)22-13-19(17)21-2;1-19-18-12-20-17-11-14(7-8-16(17)18)15(9-10-21)13-5-3-2-4-6-13;1-11-9-5-12-8-4-6(10)2-3-7(8)9/h4-11,13,17,22H,3,12H2,1H3;4-13,22H,3H2,1H3;2-8,11-12,15,21-22H,9-10H2,1H3,(H2,20,23);3-9,12-13,16,20,22H,10-11H2,1H3;2-8,11-12,15,20-21H,9-10H2;2-5,12H/b;17-12+;;;;. The van der Waals surface area contributed by atoms with E-state index in [0.717, 1.165) is 129 Å². The number of esters is 2. The maximum absolute atomic E-state index is 12.0. The highest BCUT2D eigenvalue weighted by Crippen LogP contribution is 2.39. The summed E-state index contributed by atoms with van der Waals surface area (Å²) in [6.07, 6.45) is 14.9. The average molecular weight is 1730 g/mol. The van der Waals surface area contributed by atoms with Crippen molar-refractivity contribution in [3.63, 3.8) is 0 Å². The Labute approximate surface area is 740 Å². The van der Waals surface area contributed by atoms with Crippen molar-refractivity contribution in [3.05, 3.63) is 427 Å². The van der Waals surface area contributed by atoms with Crippen LogP contribution in [0.1, 0.15) is 129 Å². The van der Waals surface area contributed by atoms with Gasteiger partial charge in [0.25, 0.3) is 5.91 Å². The zero-order chi connectivity index (χ0) is 88.7. The van der Waals surface area contributed by atoms with Gasteiger partial charge in [-0.15, -0.1) is 0 Å². The van der Waals surface area contributed by atoms with Crippen molar-refractivity contribution in [2.75, 3.05) is 47.0 Å². The molecular formula is C105H95BrN14O6. The van der Waals surface area contributed by atoms with Crippen molar-refractivity contribution in [2.24, 2.45) is 5.73 Å². The van der Waals surface area contributed by atoms with Crippen molar-refractivity contribution in [3.8, 4) is 0 Å². The van der Waals surface area contributed by atoms with Crippen LogP contribution in [0.15, 0.2) is 309 Å². The van der Waals surface area contributed by atoms with E-state index in [2.05, 4.69) is 190 Å². The van der Waals surface area contributed by atoms with Crippen molar-refractivity contribution < 1.29 is 29.0 Å². The molecule has 0 aliphatic heterocycles. The molecule has 4 atom stereocenters. The summed E-state index contributed by atoms with van der Waals surface area (Å²) in [6.45, 7) is 42.0. The number of carbonyl (C=O) groups excluding carboxylic acids is 3. The summed E-state index contributed by atoms with van der Waals surface area (Å²) in [5, 5.41) is 21.4. The van der Waals surface area contributed by atoms with Gasteiger partial charge in [-0.3, -0.25) is 9.59 Å². The molecule has 628 valence electrons. The molecule has 0 radical (unpaired) electrons. The molecule has 11 N–H and O–H groups in total. The Kier molecular flexibility index (Phi) is 32.1. The van der Waals surface area contributed by atoms with Gasteiger partial charge in [0, 0.05) is 143 Å². The van der Waals surface area contributed by atoms with Crippen molar-refractivity contribution in [1.82, 2.24) is 40.5 Å². The molecule has 0 aliphatic rings. The van der Waals surface area contributed by atoms with E-state index in [9.17, 15) is 19.5 Å². The number of carbonyl (C=O) groups is 3. The van der Waals surface area contributed by atoms with E-state index in [4.69, 9.17) is 48.1 Å². The maximum Gasteiger partial charge on any atom is 0.331 e. The minimum absolute atomic E-state index is 0.0747. The van der Waals surface area contributed by atoms with Gasteiger partial charge in [0.05, 0.1) is 58.1 Å². The summed E-state index contributed by atoms with van der Waals surface area (Å²) in [5.74, 6) is -0.218. The van der Waals surface area contributed by atoms with E-state index in [1.807, 2.05) is 173 Å². The Morgan fingerprint density at radius 2 is 0.714 bits per heavy atom. The van der Waals surface area contributed by atoms with Crippen LogP contribution in [0, 0.1) is 32.9 Å². The molecule has 17 aromatic rings. The predicted molar refractivity (Wildman–Crippen MR) is 511 cm³/mol. The monoisotopic (exact) mass is 1730 g/mol. The van der Waals surface area contributed by atoms with Crippen LogP contribution < -0.4 is 16.4 Å². The number of ether oxygens (including phenoxy) is 2. The van der Waals surface area contributed by atoms with Crippen LogP contribution in [0.2, 0.25) is 0 Å². The summed E-state index contributed by atoms with van der Waals surface area (Å²) < 4.78 is 11.2. The molecule has 1 amide bonds. The lowest BCUT2D eigenvalue weighted by Crippen LogP contribution is -2.13. The summed E-state index contributed by atoms with van der Waals surface area (Å²) in [7, 11) is 3.95. The fraction of sp³-hybridized carbons (Fsp3) is 0.162. The number of rotatable bonds is 24. The molecule has 0 saturated heterocycles. The average Bonchev–Trinajstić information content (AvgIpc) is 1.65. The smallest absolute Gasteiger partial charge is 0.331 e. The van der Waals surface area contributed by atoms with Gasteiger partial charge in [-0.2, -0.15) is 0 Å². The lowest BCUT2D eigenvalue weighted by molar-refractivity contribution is -0.143. The number of aliphatic hydroxyl groups is 1. The second-order valence-electron chi connectivity index (χ2n) is 29.5. The molecule has 6 aromatic heterocycles. The zero-order valence-electron chi connectivity index (χ0n) is 70.2. The van der Waals surface area contributed by atoms with E-state index in [1.54, 1.807) is 44.1 Å². The van der Waals surface area contributed by atoms with Gasteiger partial charge in [-0.25, -0.2) is 29.0 Å². The predicted octanol–water partition coefficient (Wildman–Crippen LogP) is 24.7. The number of nitrogens with two attached hydrogens (primary N) is 1. The lowest BCUT2D eigenvalue weighted by atomic mass is 9.88. The van der Waals surface area contributed by atoms with Crippen LogP contribution in [-0.4, -0.2) is 99.9 Å². The number of halogens is 1. The second-order valence-corrected chi connectivity index (χ2v) is 30.4. The molecule has 21 heteroatoms. The maximum atomic E-state index is 12.0. The van der Waals surface area contributed by atoms with Crippen LogP contribution in [0.3, 0.4) is 0 Å². The largest absolute Gasteiger partial charge is 0.466 e. The van der Waals surface area contributed by atoms with Gasteiger partial charge < -0.3 is 60.9 Å². The van der Waals surface area contributed by atoms with E-state index >= 15 is 0 Å². The number of fused-ring (bicyclic) bond motifs is 6. The molecule has 11 aromatic carbocycles. The van der Waals surface area contributed by atoms with Crippen molar-refractivity contribution in [1.29, 1.82) is 0 Å². The van der Waals surface area contributed by atoms with E-state index in [0.29, 0.717) is 71.9 Å². The second kappa shape index (κ2) is 45.0. The normalized spacial score (nSPS) is 11.8. The van der Waals surface area contributed by atoms with E-state index in [-0.39, 0.29) is 30.4 Å². The number of primary amides is 1. The zero-order valence-corrected chi connectivity index (χ0v) is 71.8. The fourth-order valence-electron chi connectivity index (χ4n) is 15.5. The molecule has 126 heavy (non-hydrogen) atoms. The summed E-state index contributed by atoms with van der Waals surface area (Å²) in [6, 6.07) is 87.2. The number of hydrogen-bond acceptors (Lipinski definition) is 8. The number of hydrogen-bond donors (Lipinski definition) is 10. The SMILES string of the molecule is CNCCC(c1ccccc1)c1ccc2c(C(N)=O)c[nH]c2c1.[C-]#[N+]c1c[nH]c2cc(/C(=C/C(=O)OCC)c3ccccc3)ccc12.[C-]#[N+]c1c[nH]c2cc(Br)ccc12.[C-]#[N+]c1c[nH]c2cc(C(CC(=O)OCC)c3ccccc3)ccc12.[C-]#[N+]c1c[nH]c2cc(C(CCNC)c3ccccc3)ccc12.[C-]#[N+]c1c[nH]c2cc(C(CCO)c3ccccc3)ccc12. The van der Waals surface area contributed by atoms with Crippen LogP contribution in [0.4, 0.5) is 28.4 Å². The Morgan fingerprint density at radius 1 is 0.389 bits per heavy atom. The Morgan fingerprint density at radius 3 is 1.09 bits per heavy atom. The highest BCUT2D eigenvalue weighted by Gasteiger charge is 2.23. The molecule has 4 unspecified atom stereocenters. The number of aromatic nitrogens is 6. The van der Waals surface area contributed by atoms with Crippen LogP contribution in [0.25, 0.3) is 95.2 Å². The third-order valence-electron chi connectivity index (χ3n) is 21.7. The lowest BCUT2D eigenvalue weighted by Gasteiger charge is -2.18. The van der Waals surface area contributed by atoms with Crippen molar-refractivity contribution >= 4 is 133 Å². The summed E-state index contributed by atoms with van der Waals surface area (Å²) in [4.78, 5) is 71.7. The molecule has 0 aliphatic carbocycles. The molecule has 20 nitrogen and oxygen atoms in total. The fourth-order valence-corrected chi connectivity index (χ4v) is 15.9. The topological polar surface area (TPSA) is 257 Å². The first-order valence-corrected chi connectivity index (χ1v) is 42.1. The Hall–Kier alpha value is -15.4. The molecule has 0 saturated carbocycles. The number of benzene rings is 11. The number of nitrogens with zero attached hydrogens (tertiary/aromatic N) is 5. The van der Waals surface area contributed by atoms with Gasteiger partial charge in [0.15, 0.2) is 0 Å². The molecule has 6 heterocycles. The molecule has 0 spiro atoms. The van der Waals surface area contributed by atoms with Gasteiger partial charge in [0.2, 0.25) is 28.4 Å². The van der Waals surface area contributed by atoms with Gasteiger partial charge in [-0.1, -0.05) is 234 Å². The number of aliphatic hydroxyl groups excluding tert-OH is 1. The third kappa shape index (κ3) is 22.7. The molecule has 0 fully saturated rings. The number of aromatic amines is 6. The van der Waals surface area contributed by atoms with Gasteiger partial charge in [0.1, 0.15) is 0 Å². The van der Waals surface area contributed by atoms with Gasteiger partial charge in [-0.05, 0) is 164 Å². The van der Waals surface area contributed by atoms with Crippen LogP contribution in [0.5, 0.6) is 0 Å². The van der Waals surface area contributed by atoms with Crippen molar-refractivity contribution in [2.45, 2.75) is 63.2 Å². The minimum atomic E-state index is -0.404. The van der Waals surface area contributed by atoms with E-state index in [1.165, 1.54) is 33.9 Å².